The molecule has 1 saturated heterocycles. The van der Waals surface area contributed by atoms with Gasteiger partial charge in [-0.05, 0) is 49.4 Å². The largest absolute Gasteiger partial charge is 0.497 e. The number of hydrogen-bond acceptors (Lipinski definition) is 3. The van der Waals surface area contributed by atoms with Crippen LogP contribution in [-0.2, 0) is 10.2 Å². The van der Waals surface area contributed by atoms with Gasteiger partial charge in [0, 0.05) is 59.2 Å². The first-order chi connectivity index (χ1) is 16.5. The van der Waals surface area contributed by atoms with Gasteiger partial charge in [-0.15, -0.1) is 0 Å². The van der Waals surface area contributed by atoms with Crippen LogP contribution in [0.15, 0.2) is 42.5 Å². The lowest BCUT2D eigenvalue weighted by molar-refractivity contribution is -0.137. The highest BCUT2D eigenvalue weighted by Crippen LogP contribution is 2.47. The zero-order valence-corrected chi connectivity index (χ0v) is 20.3. The van der Waals surface area contributed by atoms with E-state index in [0.29, 0.717) is 5.56 Å². The third-order valence-electron chi connectivity index (χ3n) is 8.08. The number of piperidine rings is 1. The Morgan fingerprint density at radius 1 is 1.18 bits per heavy atom. The molecule has 0 radical (unpaired) electrons. The Hall–Kier alpha value is -2.86. The first kappa shape index (κ1) is 22.9. The highest BCUT2D eigenvalue weighted by Gasteiger charge is 2.45. The number of nitrogens with zero attached hydrogens (tertiary/aromatic N) is 1. The lowest BCUT2D eigenvalue weighted by atomic mass is 9.68. The molecule has 3 heterocycles. The van der Waals surface area contributed by atoms with Crippen LogP contribution in [0.2, 0.25) is 0 Å². The van der Waals surface area contributed by atoms with Crippen LogP contribution in [-0.4, -0.2) is 42.5 Å². The van der Waals surface area contributed by atoms with Crippen molar-refractivity contribution in [3.05, 3.63) is 65.1 Å². The van der Waals surface area contributed by atoms with Crippen LogP contribution in [0.25, 0.3) is 10.9 Å². The SMILES string of the molecule is CCC(CC)C(=O)N1CCC2(CC1)CNC(c1ccccc1F)c1[nH]c3cc(OC)ccc3c12. The summed E-state index contributed by atoms with van der Waals surface area (Å²) >= 11 is 0. The van der Waals surface area contributed by atoms with Crippen molar-refractivity contribution < 1.29 is 13.9 Å². The van der Waals surface area contributed by atoms with Crippen molar-refractivity contribution in [3.63, 3.8) is 0 Å². The van der Waals surface area contributed by atoms with Crippen molar-refractivity contribution in [1.82, 2.24) is 15.2 Å². The summed E-state index contributed by atoms with van der Waals surface area (Å²) in [5.41, 5.74) is 3.85. The minimum atomic E-state index is -0.246. The topological polar surface area (TPSA) is 57.4 Å². The zero-order valence-electron chi connectivity index (χ0n) is 20.3. The number of fused-ring (bicyclic) bond motifs is 4. The van der Waals surface area contributed by atoms with Crippen LogP contribution in [0.4, 0.5) is 4.39 Å². The second-order valence-electron chi connectivity index (χ2n) is 9.78. The van der Waals surface area contributed by atoms with Crippen LogP contribution in [0.5, 0.6) is 5.75 Å². The van der Waals surface area contributed by atoms with E-state index >= 15 is 0 Å². The summed E-state index contributed by atoms with van der Waals surface area (Å²) < 4.78 is 20.3. The average Bonchev–Trinajstić information content (AvgIpc) is 3.26. The molecule has 34 heavy (non-hydrogen) atoms. The van der Waals surface area contributed by atoms with E-state index in [0.717, 1.165) is 62.3 Å². The third-order valence-corrected chi connectivity index (χ3v) is 8.08. The molecule has 1 unspecified atom stereocenters. The van der Waals surface area contributed by atoms with Gasteiger partial charge in [0.05, 0.1) is 13.2 Å². The fourth-order valence-electron chi connectivity index (χ4n) is 6.05. The lowest BCUT2D eigenvalue weighted by Gasteiger charge is -2.47. The number of carbonyl (C=O) groups is 1. The van der Waals surface area contributed by atoms with E-state index in [1.807, 2.05) is 24.3 Å². The molecule has 2 aliphatic heterocycles. The second kappa shape index (κ2) is 9.06. The molecule has 1 atom stereocenters. The van der Waals surface area contributed by atoms with Crippen molar-refractivity contribution in [2.75, 3.05) is 26.7 Å². The number of nitrogens with one attached hydrogen (secondary N) is 2. The third kappa shape index (κ3) is 3.68. The van der Waals surface area contributed by atoms with Gasteiger partial charge in [-0.25, -0.2) is 4.39 Å². The number of aromatic nitrogens is 1. The normalized spacial score (nSPS) is 19.6. The van der Waals surface area contributed by atoms with Gasteiger partial charge < -0.3 is 19.9 Å². The summed E-state index contributed by atoms with van der Waals surface area (Å²) in [5.74, 6) is 0.988. The molecule has 6 heteroatoms. The number of methoxy groups -OCH3 is 1. The van der Waals surface area contributed by atoms with E-state index in [4.69, 9.17) is 4.74 Å². The van der Waals surface area contributed by atoms with Crippen LogP contribution in [0.3, 0.4) is 0 Å². The maximum atomic E-state index is 14.8. The van der Waals surface area contributed by atoms with E-state index in [1.54, 1.807) is 13.2 Å². The summed E-state index contributed by atoms with van der Waals surface area (Å²) in [6.45, 7) is 6.45. The average molecular weight is 464 g/mol. The molecule has 3 aromatic rings. The Labute approximate surface area is 200 Å². The molecule has 1 fully saturated rings. The summed E-state index contributed by atoms with van der Waals surface area (Å²) in [5, 5.41) is 4.83. The summed E-state index contributed by atoms with van der Waals surface area (Å²) in [4.78, 5) is 18.7. The fraction of sp³-hybridized carbons (Fsp3) is 0.464. The standard InChI is InChI=1S/C28H34FN3O2/c1-4-18(5-2)27(33)32-14-12-28(13-15-32)17-30-25(20-8-6-7-9-22(20)29)26-24(28)21-11-10-19(34-3)16-23(21)31-26/h6-11,16,18,25,30-31H,4-5,12-15,17H2,1-3H3. The van der Waals surface area contributed by atoms with Gasteiger partial charge in [0.2, 0.25) is 5.91 Å². The second-order valence-corrected chi connectivity index (χ2v) is 9.78. The molecule has 5 rings (SSSR count). The van der Waals surface area contributed by atoms with Crippen molar-refractivity contribution in [1.29, 1.82) is 0 Å². The van der Waals surface area contributed by atoms with E-state index in [-0.39, 0.29) is 29.1 Å². The molecule has 5 nitrogen and oxygen atoms in total. The van der Waals surface area contributed by atoms with Gasteiger partial charge in [0.15, 0.2) is 0 Å². The van der Waals surface area contributed by atoms with E-state index in [1.165, 1.54) is 17.0 Å². The minimum Gasteiger partial charge on any atom is -0.497 e. The number of amides is 1. The molecule has 2 aliphatic rings. The Balaban J connectivity index is 1.56. The number of aromatic amines is 1. The smallest absolute Gasteiger partial charge is 0.225 e. The number of rotatable bonds is 5. The molecule has 2 N–H and O–H groups in total. The van der Waals surface area contributed by atoms with Gasteiger partial charge in [0.25, 0.3) is 0 Å². The zero-order chi connectivity index (χ0) is 23.9. The summed E-state index contributed by atoms with van der Waals surface area (Å²) in [6.07, 6.45) is 3.55. The highest BCUT2D eigenvalue weighted by atomic mass is 19.1. The van der Waals surface area contributed by atoms with Gasteiger partial charge in [-0.2, -0.15) is 0 Å². The number of halogens is 1. The van der Waals surface area contributed by atoms with Crippen LogP contribution >= 0.6 is 0 Å². The quantitative estimate of drug-likeness (QED) is 0.540. The molecule has 0 bridgehead atoms. The molecule has 0 aliphatic carbocycles. The number of carbonyl (C=O) groups excluding carboxylic acids is 1. The minimum absolute atomic E-state index is 0.103. The number of benzene rings is 2. The molecule has 2 aromatic carbocycles. The molecule has 1 spiro atoms. The fourth-order valence-corrected chi connectivity index (χ4v) is 6.05. The Bertz CT molecular complexity index is 1190. The van der Waals surface area contributed by atoms with Crippen LogP contribution < -0.4 is 10.1 Å². The Morgan fingerprint density at radius 2 is 1.91 bits per heavy atom. The predicted molar refractivity (Wildman–Crippen MR) is 133 cm³/mol. The highest BCUT2D eigenvalue weighted by molar-refractivity contribution is 5.88. The van der Waals surface area contributed by atoms with E-state index in [2.05, 4.69) is 35.1 Å². The van der Waals surface area contributed by atoms with Crippen LogP contribution in [0, 0.1) is 11.7 Å². The lowest BCUT2D eigenvalue weighted by Crippen LogP contribution is -2.53. The van der Waals surface area contributed by atoms with Crippen molar-refractivity contribution in [2.45, 2.75) is 51.0 Å². The number of ether oxygens (including phenoxy) is 1. The van der Waals surface area contributed by atoms with Gasteiger partial charge in [-0.3, -0.25) is 4.79 Å². The van der Waals surface area contributed by atoms with E-state index in [9.17, 15) is 9.18 Å². The van der Waals surface area contributed by atoms with Crippen molar-refractivity contribution in [3.8, 4) is 5.75 Å². The maximum absolute atomic E-state index is 14.8. The number of likely N-dealkylation sites (tertiary alicyclic amines) is 1. The first-order valence-corrected chi connectivity index (χ1v) is 12.5. The van der Waals surface area contributed by atoms with Crippen LogP contribution in [0.1, 0.15) is 62.4 Å². The molecular formula is C28H34FN3O2. The number of H-pyrrole nitrogens is 1. The molecule has 0 saturated carbocycles. The summed E-state index contributed by atoms with van der Waals surface area (Å²) in [6, 6.07) is 12.9. The summed E-state index contributed by atoms with van der Waals surface area (Å²) in [7, 11) is 1.67. The molecule has 1 amide bonds. The van der Waals surface area contributed by atoms with Crippen molar-refractivity contribution in [2.24, 2.45) is 5.92 Å². The Kier molecular flexibility index (Phi) is 6.11. The van der Waals surface area contributed by atoms with Gasteiger partial charge in [0.1, 0.15) is 11.6 Å². The monoisotopic (exact) mass is 463 g/mol. The maximum Gasteiger partial charge on any atom is 0.225 e. The van der Waals surface area contributed by atoms with Gasteiger partial charge in [-0.1, -0.05) is 32.0 Å². The Morgan fingerprint density at radius 3 is 2.59 bits per heavy atom. The molecule has 180 valence electrons. The van der Waals surface area contributed by atoms with E-state index < -0.39 is 0 Å². The van der Waals surface area contributed by atoms with Gasteiger partial charge >= 0.3 is 0 Å². The predicted octanol–water partition coefficient (Wildman–Crippen LogP) is 5.30. The van der Waals surface area contributed by atoms with Crippen molar-refractivity contribution >= 4 is 16.8 Å². The molecule has 1 aromatic heterocycles. The molecular weight excluding hydrogens is 429 g/mol. The first-order valence-electron chi connectivity index (χ1n) is 12.5. The number of hydrogen-bond donors (Lipinski definition) is 2.